The predicted octanol–water partition coefficient (Wildman–Crippen LogP) is 2.67. The van der Waals surface area contributed by atoms with Crippen molar-refractivity contribution in [2.75, 3.05) is 13.2 Å². The number of ether oxygens (including phenoxy) is 1. The molecule has 5 nitrogen and oxygen atoms in total. The van der Waals surface area contributed by atoms with Crippen LogP contribution in [-0.4, -0.2) is 17.8 Å². The lowest BCUT2D eigenvalue weighted by atomic mass is 10.2. The molecule has 1 heterocycles. The minimum atomic E-state index is -0.277. The number of hydrogen-bond donors (Lipinski definition) is 0. The maximum atomic E-state index is 12.8. The molecule has 0 fully saturated rings. The van der Waals surface area contributed by atoms with Gasteiger partial charge in [-0.15, -0.1) is 11.3 Å². The largest absolute Gasteiger partial charge is 0.382 e. The van der Waals surface area contributed by atoms with Crippen LogP contribution >= 0.6 is 34.5 Å². The molecule has 0 aliphatic rings. The predicted molar refractivity (Wildman–Crippen MR) is 104 cm³/mol. The van der Waals surface area contributed by atoms with Gasteiger partial charge in [-0.1, -0.05) is 35.3 Å². The Kier molecular flexibility index (Phi) is 7.44. The van der Waals surface area contributed by atoms with E-state index in [-0.39, 0.29) is 11.1 Å². The van der Waals surface area contributed by atoms with Gasteiger partial charge in [0.1, 0.15) is 16.8 Å². The third kappa shape index (κ3) is 4.55. The molecule has 0 N–H and O–H groups in total. The molecule has 0 aliphatic carbocycles. The third-order valence-corrected chi connectivity index (χ3v) is 5.45. The van der Waals surface area contributed by atoms with Gasteiger partial charge < -0.3 is 4.74 Å². The highest BCUT2D eigenvalue weighted by Crippen LogP contribution is 2.25. The van der Waals surface area contributed by atoms with Crippen LogP contribution in [0.5, 0.6) is 0 Å². The van der Waals surface area contributed by atoms with E-state index in [2.05, 4.69) is 0 Å². The number of thiazole rings is 1. The highest BCUT2D eigenvalue weighted by atomic mass is 35.5. The van der Waals surface area contributed by atoms with Crippen molar-refractivity contribution in [2.24, 2.45) is 0 Å². The molecule has 0 saturated heterocycles. The van der Waals surface area contributed by atoms with Crippen LogP contribution in [0.1, 0.15) is 18.9 Å². The van der Waals surface area contributed by atoms with Crippen LogP contribution in [0.15, 0.2) is 23.0 Å². The quantitative estimate of drug-likeness (QED) is 0.689. The van der Waals surface area contributed by atoms with E-state index >= 15 is 0 Å². The molecule has 0 atom stereocenters. The average molecular weight is 408 g/mol. The molecule has 0 amide bonds. The first-order valence-corrected chi connectivity index (χ1v) is 9.38. The standard InChI is InChI=1S/C18H15Cl2N3O2S/c1-2-25-8-4-7-23-17(24)15(26-18(23)13(10-21)11-22)9-12-5-3-6-14(19)16(12)20/h3,5-6,9H,2,4,7-8H2,1H3/b15-9+. The molecule has 0 spiro atoms. The molecule has 2 aromatic rings. The fourth-order valence-electron chi connectivity index (χ4n) is 2.27. The van der Waals surface area contributed by atoms with Gasteiger partial charge in [-0.05, 0) is 31.1 Å². The molecule has 1 aromatic heterocycles. The van der Waals surface area contributed by atoms with Crippen molar-refractivity contribution in [1.82, 2.24) is 4.57 Å². The van der Waals surface area contributed by atoms with Crippen LogP contribution < -0.4 is 14.8 Å². The summed E-state index contributed by atoms with van der Waals surface area (Å²) in [7, 11) is 0. The first-order chi connectivity index (χ1) is 12.5. The summed E-state index contributed by atoms with van der Waals surface area (Å²) in [5.74, 6) is 0. The second-order valence-corrected chi connectivity index (χ2v) is 6.98. The maximum absolute atomic E-state index is 12.8. The molecule has 26 heavy (non-hydrogen) atoms. The average Bonchev–Trinajstić information content (AvgIpc) is 2.93. The lowest BCUT2D eigenvalue weighted by Crippen LogP contribution is -2.32. The van der Waals surface area contributed by atoms with Gasteiger partial charge in [-0.3, -0.25) is 9.36 Å². The summed E-state index contributed by atoms with van der Waals surface area (Å²) < 4.78 is 7.44. The van der Waals surface area contributed by atoms with Crippen molar-refractivity contribution >= 4 is 46.2 Å². The van der Waals surface area contributed by atoms with Crippen LogP contribution in [-0.2, 0) is 11.3 Å². The topological polar surface area (TPSA) is 78.8 Å². The molecule has 0 unspecified atom stereocenters. The Morgan fingerprint density at radius 2 is 2.08 bits per heavy atom. The number of hydrogen-bond acceptors (Lipinski definition) is 5. The van der Waals surface area contributed by atoms with Crippen LogP contribution in [0.4, 0.5) is 0 Å². The van der Waals surface area contributed by atoms with Gasteiger partial charge in [0, 0.05) is 19.8 Å². The second-order valence-electron chi connectivity index (χ2n) is 5.16. The van der Waals surface area contributed by atoms with Gasteiger partial charge in [0.15, 0.2) is 5.57 Å². The van der Waals surface area contributed by atoms with E-state index in [1.54, 1.807) is 24.3 Å². The number of nitriles is 2. The fraction of sp³-hybridized carbons (Fsp3) is 0.278. The Balaban J connectivity index is 2.63. The molecule has 8 heteroatoms. The minimum Gasteiger partial charge on any atom is -0.382 e. The van der Waals surface area contributed by atoms with Crippen LogP contribution in [0.3, 0.4) is 0 Å². The number of nitrogens with zero attached hydrogens (tertiary/aromatic N) is 3. The van der Waals surface area contributed by atoms with Gasteiger partial charge in [-0.25, -0.2) is 0 Å². The molecule has 134 valence electrons. The molecule has 1 aromatic carbocycles. The van der Waals surface area contributed by atoms with Gasteiger partial charge in [-0.2, -0.15) is 10.5 Å². The lowest BCUT2D eigenvalue weighted by Gasteiger charge is -2.02. The normalized spacial score (nSPS) is 11.2. The molecule has 0 saturated carbocycles. The monoisotopic (exact) mass is 407 g/mol. The number of halogens is 2. The molecule has 0 aliphatic heterocycles. The number of aromatic nitrogens is 1. The van der Waals surface area contributed by atoms with E-state index in [9.17, 15) is 15.3 Å². The SMILES string of the molecule is CCOCCCn1c(=C(C#N)C#N)s/c(=C/c2cccc(Cl)c2Cl)c1=O. The van der Waals surface area contributed by atoms with Crippen LogP contribution in [0.2, 0.25) is 10.0 Å². The Labute approximate surface area is 164 Å². The zero-order valence-electron chi connectivity index (χ0n) is 14.0. The highest BCUT2D eigenvalue weighted by Gasteiger charge is 2.10. The van der Waals surface area contributed by atoms with E-state index in [1.807, 2.05) is 19.1 Å². The van der Waals surface area contributed by atoms with Crippen LogP contribution in [0, 0.1) is 22.7 Å². The summed E-state index contributed by atoms with van der Waals surface area (Å²) in [6.45, 7) is 3.33. The Hall–Kier alpha value is -2.09. The van der Waals surface area contributed by atoms with Crippen molar-refractivity contribution in [3.05, 3.63) is 53.4 Å². The van der Waals surface area contributed by atoms with Crippen molar-refractivity contribution in [3.63, 3.8) is 0 Å². The summed E-state index contributed by atoms with van der Waals surface area (Å²) in [5.41, 5.74) is 0.224. The van der Waals surface area contributed by atoms with E-state index in [0.717, 1.165) is 11.3 Å². The van der Waals surface area contributed by atoms with Crippen molar-refractivity contribution in [3.8, 4) is 12.1 Å². The zero-order valence-corrected chi connectivity index (χ0v) is 16.3. The van der Waals surface area contributed by atoms with Gasteiger partial charge in [0.2, 0.25) is 0 Å². The molecule has 0 radical (unpaired) electrons. The first-order valence-electron chi connectivity index (χ1n) is 7.81. The molecular formula is C18H15Cl2N3O2S. The zero-order chi connectivity index (χ0) is 19.1. The van der Waals surface area contributed by atoms with Crippen LogP contribution in [0.25, 0.3) is 11.6 Å². The second kappa shape index (κ2) is 9.56. The summed E-state index contributed by atoms with van der Waals surface area (Å²) in [5, 5.41) is 19.1. The van der Waals surface area contributed by atoms with Gasteiger partial charge in [0.25, 0.3) is 5.56 Å². The fourth-order valence-corrected chi connectivity index (χ4v) is 3.70. The third-order valence-electron chi connectivity index (χ3n) is 3.49. The van der Waals surface area contributed by atoms with E-state index in [1.165, 1.54) is 4.57 Å². The maximum Gasteiger partial charge on any atom is 0.269 e. The minimum absolute atomic E-state index is 0.0969. The summed E-state index contributed by atoms with van der Waals surface area (Å²) in [6, 6.07) is 8.83. The van der Waals surface area contributed by atoms with Crippen molar-refractivity contribution in [1.29, 1.82) is 10.5 Å². The van der Waals surface area contributed by atoms with E-state index in [4.69, 9.17) is 27.9 Å². The lowest BCUT2D eigenvalue weighted by molar-refractivity contribution is 0.141. The summed E-state index contributed by atoms with van der Waals surface area (Å²) in [4.78, 5) is 12.8. The van der Waals surface area contributed by atoms with Crippen molar-refractivity contribution < 1.29 is 4.74 Å². The molecular weight excluding hydrogens is 393 g/mol. The highest BCUT2D eigenvalue weighted by molar-refractivity contribution is 7.07. The van der Waals surface area contributed by atoms with Gasteiger partial charge in [0.05, 0.1) is 14.6 Å². The summed E-state index contributed by atoms with van der Waals surface area (Å²) in [6.07, 6.45) is 2.22. The van der Waals surface area contributed by atoms with E-state index in [0.29, 0.717) is 51.0 Å². The number of benzene rings is 1. The van der Waals surface area contributed by atoms with Gasteiger partial charge >= 0.3 is 0 Å². The van der Waals surface area contributed by atoms with Crippen molar-refractivity contribution in [2.45, 2.75) is 19.9 Å². The Morgan fingerprint density at radius 1 is 1.35 bits per heavy atom. The Morgan fingerprint density at radius 3 is 2.73 bits per heavy atom. The van der Waals surface area contributed by atoms with E-state index < -0.39 is 0 Å². The molecule has 2 rings (SSSR count). The molecule has 0 bridgehead atoms. The first kappa shape index (κ1) is 20.2. The number of rotatable bonds is 6. The Bertz CT molecular complexity index is 1040. The summed E-state index contributed by atoms with van der Waals surface area (Å²) >= 11 is 13.3. The smallest absolute Gasteiger partial charge is 0.269 e.